The minimum Gasteiger partial charge on any atom is -0.196 e. The lowest BCUT2D eigenvalue weighted by atomic mass is 10.6. The molecule has 0 aromatic heterocycles. The molecule has 0 aliphatic rings. The Morgan fingerprint density at radius 3 is 1.31 bits per heavy atom. The summed E-state index contributed by atoms with van der Waals surface area (Å²) >= 11 is 0. The highest BCUT2D eigenvalue weighted by Crippen LogP contribution is 2.29. The van der Waals surface area contributed by atoms with Crippen molar-refractivity contribution in [1.82, 2.24) is 0 Å². The summed E-state index contributed by atoms with van der Waals surface area (Å²) in [6, 6.07) is 0. The van der Waals surface area contributed by atoms with E-state index in [0.717, 1.165) is 0 Å². The van der Waals surface area contributed by atoms with Gasteiger partial charge in [0, 0.05) is 4.57 Å². The number of halogens is 6. The highest BCUT2D eigenvalue weighted by atomic mass is 31.1. The van der Waals surface area contributed by atoms with Crippen molar-refractivity contribution in [3.63, 3.8) is 0 Å². The van der Waals surface area contributed by atoms with Crippen LogP contribution in [-0.2, 0) is 4.57 Å². The third-order valence-electron chi connectivity index (χ3n) is 0.415. The molecule has 0 atom stereocenters. The molecular weight excluding hydrogens is 229 g/mol. The molecule has 78 valence electrons. The molecule has 0 rings (SSSR count). The molecule has 0 fully saturated rings. The minimum atomic E-state index is -5.56. The average Bonchev–Trinajstić information content (AvgIpc) is 1.82. The molecule has 0 aliphatic carbocycles. The molecular formula is C3H2F6O3P+. The summed E-state index contributed by atoms with van der Waals surface area (Å²) in [7, 11) is -2.87. The van der Waals surface area contributed by atoms with E-state index in [9.17, 15) is 26.3 Å². The third-order valence-corrected chi connectivity index (χ3v) is 0.415. The van der Waals surface area contributed by atoms with Gasteiger partial charge < -0.3 is 0 Å². The zero-order valence-corrected chi connectivity index (χ0v) is 6.41. The van der Waals surface area contributed by atoms with Gasteiger partial charge in [0.25, 0.3) is 5.83 Å². The average molecular weight is 231 g/mol. The molecule has 3 nitrogen and oxygen atoms in total. The zero-order chi connectivity index (χ0) is 11.2. The predicted octanol–water partition coefficient (Wildman–Crippen LogP) is 2.25. The van der Waals surface area contributed by atoms with Crippen molar-refractivity contribution in [2.45, 2.75) is 6.18 Å². The second kappa shape index (κ2) is 5.90. The summed E-state index contributed by atoms with van der Waals surface area (Å²) in [5, 5.41) is 0. The molecule has 0 aromatic rings. The maximum absolute atomic E-state index is 11.0. The van der Waals surface area contributed by atoms with E-state index in [2.05, 4.69) is 0 Å². The summed E-state index contributed by atoms with van der Waals surface area (Å²) in [6.45, 7) is 0. The van der Waals surface area contributed by atoms with Crippen LogP contribution in [0, 0.1) is 0 Å². The minimum absolute atomic E-state index is 2.87. The molecule has 0 saturated carbocycles. The van der Waals surface area contributed by atoms with Crippen LogP contribution in [0.4, 0.5) is 26.3 Å². The fraction of sp³-hybridized carbons (Fsp3) is 0.333. The monoisotopic (exact) mass is 231 g/mol. The molecule has 0 unspecified atom stereocenters. The van der Waals surface area contributed by atoms with E-state index in [4.69, 9.17) is 14.4 Å². The molecule has 0 amide bonds. The van der Waals surface area contributed by atoms with Crippen molar-refractivity contribution < 1.29 is 40.7 Å². The van der Waals surface area contributed by atoms with Crippen molar-refractivity contribution >= 4 is 8.25 Å². The van der Waals surface area contributed by atoms with Gasteiger partial charge in [-0.1, -0.05) is 0 Å². The van der Waals surface area contributed by atoms with Gasteiger partial charge in [-0.25, -0.2) is 0 Å². The Hall–Kier alpha value is -0.660. The van der Waals surface area contributed by atoms with Gasteiger partial charge in [0.05, 0.1) is 0 Å². The maximum Gasteiger partial charge on any atom is 0.692 e. The second-order valence-electron chi connectivity index (χ2n) is 1.32. The van der Waals surface area contributed by atoms with Gasteiger partial charge in [0.1, 0.15) is 0 Å². The summed E-state index contributed by atoms with van der Waals surface area (Å²) in [5.41, 5.74) is 0. The number of alkyl halides is 3. The normalized spacial score (nSPS) is 9.85. The van der Waals surface area contributed by atoms with Crippen LogP contribution in [0.5, 0.6) is 0 Å². The van der Waals surface area contributed by atoms with Crippen LogP contribution in [0.15, 0.2) is 11.9 Å². The van der Waals surface area contributed by atoms with E-state index >= 15 is 0 Å². The van der Waals surface area contributed by atoms with Crippen LogP contribution in [0.25, 0.3) is 0 Å². The lowest BCUT2D eigenvalue weighted by molar-refractivity contribution is -0.113. The third kappa shape index (κ3) is 11.3. The highest BCUT2D eigenvalue weighted by molar-refractivity contribution is 7.30. The Morgan fingerprint density at radius 1 is 1.08 bits per heavy atom. The van der Waals surface area contributed by atoms with Crippen LogP contribution < -0.4 is 0 Å². The van der Waals surface area contributed by atoms with Gasteiger partial charge in [-0.3, -0.25) is 0 Å². The standard InChI is InChI=1S/C3F6.HO3P/c4-1(2(5)6)3(7,8)9;1-4(2)3/h;(H-,1,2,3)/p+1. The van der Waals surface area contributed by atoms with Crippen molar-refractivity contribution in [3.8, 4) is 0 Å². The van der Waals surface area contributed by atoms with Crippen molar-refractivity contribution in [2.24, 2.45) is 0 Å². The smallest absolute Gasteiger partial charge is 0.196 e. The van der Waals surface area contributed by atoms with E-state index in [1.807, 2.05) is 0 Å². The molecule has 0 saturated heterocycles. The van der Waals surface area contributed by atoms with Gasteiger partial charge >= 0.3 is 20.5 Å². The van der Waals surface area contributed by atoms with Crippen molar-refractivity contribution in [2.75, 3.05) is 0 Å². The van der Waals surface area contributed by atoms with Crippen LogP contribution >= 0.6 is 8.25 Å². The molecule has 0 heterocycles. The molecule has 13 heavy (non-hydrogen) atoms. The van der Waals surface area contributed by atoms with Crippen LogP contribution in [0.2, 0.25) is 0 Å². The summed E-state index contributed by atoms with van der Waals surface area (Å²) in [4.78, 5) is 14.2. The first kappa shape index (κ1) is 14.8. The Morgan fingerprint density at radius 2 is 1.31 bits per heavy atom. The van der Waals surface area contributed by atoms with Crippen LogP contribution in [0.3, 0.4) is 0 Å². The number of rotatable bonds is 0. The summed E-state index contributed by atoms with van der Waals surface area (Å²) in [6.07, 6.45) is -8.90. The van der Waals surface area contributed by atoms with E-state index in [1.165, 1.54) is 0 Å². The SMILES string of the molecule is FC(F)=C(F)C(F)(F)F.O=[P+](O)O. The van der Waals surface area contributed by atoms with Crippen LogP contribution in [-0.4, -0.2) is 16.0 Å². The summed E-state index contributed by atoms with van der Waals surface area (Å²) in [5.74, 6) is -3.33. The maximum atomic E-state index is 11.0. The van der Waals surface area contributed by atoms with Gasteiger partial charge in [-0.15, -0.1) is 9.79 Å². The van der Waals surface area contributed by atoms with Crippen LogP contribution in [0.1, 0.15) is 0 Å². The molecule has 0 aromatic carbocycles. The van der Waals surface area contributed by atoms with Gasteiger partial charge in [0.15, 0.2) is 0 Å². The number of allylic oxidation sites excluding steroid dienone is 1. The van der Waals surface area contributed by atoms with Gasteiger partial charge in [0.2, 0.25) is 0 Å². The molecule has 0 bridgehead atoms. The molecule has 10 heteroatoms. The quantitative estimate of drug-likeness (QED) is 0.496. The van der Waals surface area contributed by atoms with Crippen molar-refractivity contribution in [1.29, 1.82) is 0 Å². The molecule has 0 radical (unpaired) electrons. The zero-order valence-electron chi connectivity index (χ0n) is 5.52. The Balaban J connectivity index is 0. The lowest BCUT2D eigenvalue weighted by Gasteiger charge is -1.98. The van der Waals surface area contributed by atoms with E-state index in [-0.39, 0.29) is 0 Å². The largest absolute Gasteiger partial charge is 0.692 e. The number of hydrogen-bond donors (Lipinski definition) is 2. The fourth-order valence-electron chi connectivity index (χ4n) is 0.107. The Labute approximate surface area is 68.2 Å². The molecule has 0 spiro atoms. The summed E-state index contributed by atoms with van der Waals surface area (Å²) < 4.78 is 73.5. The van der Waals surface area contributed by atoms with E-state index in [0.29, 0.717) is 0 Å². The lowest BCUT2D eigenvalue weighted by Crippen LogP contribution is -2.08. The van der Waals surface area contributed by atoms with Gasteiger partial charge in [-0.05, 0) is 0 Å². The first-order valence-electron chi connectivity index (χ1n) is 2.22. The fourth-order valence-corrected chi connectivity index (χ4v) is 0.107. The first-order chi connectivity index (χ1) is 5.59. The highest BCUT2D eigenvalue weighted by Gasteiger charge is 2.38. The predicted molar refractivity (Wildman–Crippen MR) is 28.4 cm³/mol. The Bertz CT molecular complexity index is 202. The van der Waals surface area contributed by atoms with E-state index < -0.39 is 26.3 Å². The van der Waals surface area contributed by atoms with E-state index in [1.54, 1.807) is 0 Å². The number of hydrogen-bond acceptors (Lipinski definition) is 1. The second-order valence-corrected chi connectivity index (χ2v) is 1.83. The Kier molecular flexibility index (Phi) is 6.73. The molecule has 0 aliphatic heterocycles. The topological polar surface area (TPSA) is 57.5 Å². The molecule has 2 N–H and O–H groups in total. The van der Waals surface area contributed by atoms with Crippen molar-refractivity contribution in [3.05, 3.63) is 11.9 Å². The first-order valence-corrected chi connectivity index (χ1v) is 3.38. The van der Waals surface area contributed by atoms with Gasteiger partial charge in [-0.2, -0.15) is 26.3 Å².